The molecule has 1 aliphatic rings. The number of hydrogen-bond acceptors (Lipinski definition) is 3. The molecule has 0 bridgehead atoms. The average molecular weight is 326 g/mol. The van der Waals surface area contributed by atoms with E-state index < -0.39 is 0 Å². The van der Waals surface area contributed by atoms with E-state index in [0.29, 0.717) is 22.7 Å². The predicted molar refractivity (Wildman–Crippen MR) is 101 cm³/mol. The second-order valence-electron chi connectivity index (χ2n) is 7.22. The molecule has 1 unspecified atom stereocenters. The summed E-state index contributed by atoms with van der Waals surface area (Å²) in [7, 11) is 0. The number of carbonyl (C=O) groups excluding carboxylic acids is 1. The fourth-order valence-corrected chi connectivity index (χ4v) is 3.17. The maximum Gasteiger partial charge on any atom is 0.133 e. The first-order chi connectivity index (χ1) is 11.3. The predicted octanol–water partition coefficient (Wildman–Crippen LogP) is 5.77. The van der Waals surface area contributed by atoms with E-state index >= 15 is 0 Å². The molecule has 130 valence electrons. The van der Waals surface area contributed by atoms with Crippen LogP contribution in [0.1, 0.15) is 70.9 Å². The Kier molecular flexibility index (Phi) is 7.85. The van der Waals surface area contributed by atoms with Crippen molar-refractivity contribution in [1.29, 1.82) is 5.26 Å². The quantitative estimate of drug-likeness (QED) is 0.662. The molecule has 0 heterocycles. The molecule has 1 fully saturated rings. The van der Waals surface area contributed by atoms with Crippen molar-refractivity contribution in [2.75, 3.05) is 0 Å². The molecule has 1 saturated carbocycles. The van der Waals surface area contributed by atoms with Crippen molar-refractivity contribution in [2.45, 2.75) is 66.7 Å². The minimum atomic E-state index is 0.407. The van der Waals surface area contributed by atoms with Crippen molar-refractivity contribution in [1.82, 2.24) is 0 Å². The minimum absolute atomic E-state index is 0.407. The molecule has 0 radical (unpaired) electrons. The Morgan fingerprint density at radius 2 is 2.12 bits per heavy atom. The molecule has 0 spiro atoms. The summed E-state index contributed by atoms with van der Waals surface area (Å²) in [6.07, 6.45) is 6.92. The van der Waals surface area contributed by atoms with Gasteiger partial charge in [0.15, 0.2) is 0 Å². The zero-order chi connectivity index (χ0) is 18.2. The maximum absolute atomic E-state index is 11.2. The highest BCUT2D eigenvalue weighted by Gasteiger charge is 2.34. The van der Waals surface area contributed by atoms with E-state index in [1.54, 1.807) is 12.3 Å². The fraction of sp³-hybridized carbons (Fsp3) is 0.571. The number of nitriles is 1. The number of nitrogens with zero attached hydrogens (tertiary/aromatic N) is 2. The van der Waals surface area contributed by atoms with Gasteiger partial charge in [0, 0.05) is 19.1 Å². The van der Waals surface area contributed by atoms with Gasteiger partial charge in [0.2, 0.25) is 0 Å². The van der Waals surface area contributed by atoms with Crippen LogP contribution in [0.3, 0.4) is 0 Å². The van der Waals surface area contributed by atoms with Gasteiger partial charge in [0.1, 0.15) is 5.78 Å². The Balaban J connectivity index is 0.000000240. The topological polar surface area (TPSA) is 53.2 Å². The molecule has 1 atom stereocenters. The van der Waals surface area contributed by atoms with E-state index in [1.165, 1.54) is 12.8 Å². The molecule has 1 aliphatic carbocycles. The summed E-state index contributed by atoms with van der Waals surface area (Å²) in [5.41, 5.74) is 3.05. The van der Waals surface area contributed by atoms with Crippen molar-refractivity contribution in [3.63, 3.8) is 0 Å². The van der Waals surface area contributed by atoms with Crippen LogP contribution < -0.4 is 0 Å². The van der Waals surface area contributed by atoms with E-state index in [1.807, 2.05) is 26.0 Å². The minimum Gasteiger partial charge on any atom is -0.300 e. The van der Waals surface area contributed by atoms with Crippen molar-refractivity contribution < 1.29 is 4.79 Å². The molecule has 0 saturated heterocycles. The summed E-state index contributed by atoms with van der Waals surface area (Å²) in [6.45, 7) is 10.6. The monoisotopic (exact) mass is 326 g/mol. The third kappa shape index (κ3) is 5.92. The van der Waals surface area contributed by atoms with Gasteiger partial charge in [0.25, 0.3) is 0 Å². The lowest BCUT2D eigenvalue weighted by atomic mass is 9.67. The first-order valence-corrected chi connectivity index (χ1v) is 8.85. The van der Waals surface area contributed by atoms with E-state index in [2.05, 4.69) is 31.8 Å². The Labute approximate surface area is 146 Å². The van der Waals surface area contributed by atoms with Crippen molar-refractivity contribution >= 4 is 17.7 Å². The lowest BCUT2D eigenvalue weighted by Gasteiger charge is -2.37. The van der Waals surface area contributed by atoms with Gasteiger partial charge in [-0.1, -0.05) is 27.2 Å². The molecule has 1 aromatic carbocycles. The van der Waals surface area contributed by atoms with Crippen molar-refractivity contribution in [3.8, 4) is 6.07 Å². The van der Waals surface area contributed by atoms with Crippen LogP contribution in [0, 0.1) is 29.6 Å². The van der Waals surface area contributed by atoms with Gasteiger partial charge in [0.05, 0.1) is 17.3 Å². The number of hydrogen-bond donors (Lipinski definition) is 0. The zero-order valence-electron chi connectivity index (χ0n) is 15.7. The standard InChI is InChI=1S/C11H20O.C10H10N2/c1-4-5-9-8-10(12)6-7-11(9,2)3;1-3-12-10-5-4-9(7-11)6-8(10)2/h9H,4-8H2,1-3H3;3-6H,1-2H3. The summed E-state index contributed by atoms with van der Waals surface area (Å²) in [4.78, 5) is 15.4. The third-order valence-electron chi connectivity index (χ3n) is 4.86. The summed E-state index contributed by atoms with van der Waals surface area (Å²) < 4.78 is 0. The highest BCUT2D eigenvalue weighted by atomic mass is 16.1. The van der Waals surface area contributed by atoms with E-state index in [4.69, 9.17) is 5.26 Å². The number of carbonyl (C=O) groups is 1. The largest absolute Gasteiger partial charge is 0.300 e. The molecule has 0 N–H and O–H groups in total. The second-order valence-corrected chi connectivity index (χ2v) is 7.22. The highest BCUT2D eigenvalue weighted by molar-refractivity contribution is 5.79. The Morgan fingerprint density at radius 1 is 1.42 bits per heavy atom. The van der Waals surface area contributed by atoms with Crippen LogP contribution in [-0.4, -0.2) is 12.0 Å². The number of ketones is 1. The van der Waals surface area contributed by atoms with Gasteiger partial charge in [-0.05, 0) is 61.8 Å². The average Bonchev–Trinajstić information content (AvgIpc) is 2.54. The van der Waals surface area contributed by atoms with Crippen LogP contribution in [0.15, 0.2) is 23.2 Å². The van der Waals surface area contributed by atoms with Gasteiger partial charge < -0.3 is 0 Å². The SMILES string of the molecule is CC=Nc1ccc(C#N)cc1C.CCCC1CC(=O)CCC1(C)C. The van der Waals surface area contributed by atoms with Gasteiger partial charge in [-0.3, -0.25) is 9.79 Å². The van der Waals surface area contributed by atoms with Crippen molar-refractivity contribution in [2.24, 2.45) is 16.3 Å². The molecular formula is C21H30N2O. The Morgan fingerprint density at radius 3 is 2.67 bits per heavy atom. The van der Waals surface area contributed by atoms with Crippen LogP contribution in [-0.2, 0) is 4.79 Å². The van der Waals surface area contributed by atoms with Crippen LogP contribution >= 0.6 is 0 Å². The summed E-state index contributed by atoms with van der Waals surface area (Å²) in [6, 6.07) is 7.55. The molecule has 24 heavy (non-hydrogen) atoms. The smallest absolute Gasteiger partial charge is 0.133 e. The van der Waals surface area contributed by atoms with Crippen LogP contribution in [0.5, 0.6) is 0 Å². The van der Waals surface area contributed by atoms with Gasteiger partial charge >= 0.3 is 0 Å². The molecule has 0 aromatic heterocycles. The number of Topliss-reactive ketones (excluding diaryl/α,β-unsaturated/α-hetero) is 1. The summed E-state index contributed by atoms with van der Waals surface area (Å²) in [5.74, 6) is 1.12. The number of aliphatic imine (C=N–C) groups is 1. The molecule has 0 aliphatic heterocycles. The molecule has 0 amide bonds. The third-order valence-corrected chi connectivity index (χ3v) is 4.86. The zero-order valence-corrected chi connectivity index (χ0v) is 15.7. The number of aryl methyl sites for hydroxylation is 1. The lowest BCUT2D eigenvalue weighted by molar-refractivity contribution is -0.124. The number of rotatable bonds is 3. The van der Waals surface area contributed by atoms with E-state index in [-0.39, 0.29) is 0 Å². The van der Waals surface area contributed by atoms with E-state index in [0.717, 1.165) is 30.5 Å². The molecule has 3 heteroatoms. The van der Waals surface area contributed by atoms with Crippen LogP contribution in [0.4, 0.5) is 5.69 Å². The second kappa shape index (κ2) is 9.37. The summed E-state index contributed by atoms with van der Waals surface area (Å²) >= 11 is 0. The Hall–Kier alpha value is -1.95. The fourth-order valence-electron chi connectivity index (χ4n) is 3.17. The van der Waals surface area contributed by atoms with Crippen LogP contribution in [0.2, 0.25) is 0 Å². The first-order valence-electron chi connectivity index (χ1n) is 8.85. The van der Waals surface area contributed by atoms with Gasteiger partial charge in [-0.15, -0.1) is 0 Å². The molecular weight excluding hydrogens is 296 g/mol. The first kappa shape index (κ1) is 20.1. The number of benzene rings is 1. The van der Waals surface area contributed by atoms with Crippen molar-refractivity contribution in [3.05, 3.63) is 29.3 Å². The van der Waals surface area contributed by atoms with E-state index in [9.17, 15) is 4.79 Å². The molecule has 2 rings (SSSR count). The Bertz CT molecular complexity index is 623. The molecule has 3 nitrogen and oxygen atoms in total. The lowest BCUT2D eigenvalue weighted by Crippen LogP contribution is -2.31. The van der Waals surface area contributed by atoms with Gasteiger partial charge in [-0.2, -0.15) is 5.26 Å². The highest BCUT2D eigenvalue weighted by Crippen LogP contribution is 2.41. The van der Waals surface area contributed by atoms with Crippen LogP contribution in [0.25, 0.3) is 0 Å². The summed E-state index contributed by atoms with van der Waals surface area (Å²) in [5, 5.41) is 8.59. The normalized spacial score (nSPS) is 19.5. The maximum atomic E-state index is 11.2. The van der Waals surface area contributed by atoms with Gasteiger partial charge in [-0.25, -0.2) is 0 Å². The molecule has 1 aromatic rings.